The van der Waals surface area contributed by atoms with Gasteiger partial charge in [-0.05, 0) is 98.7 Å². The van der Waals surface area contributed by atoms with Crippen LogP contribution < -0.4 is 37.6 Å². The number of rotatable bonds is 17. The molecule has 408 valence electrons. The molecule has 0 radical (unpaired) electrons. The van der Waals surface area contributed by atoms with E-state index >= 15 is 0 Å². The molecule has 4 aromatic rings. The van der Waals surface area contributed by atoms with Gasteiger partial charge in [-0.3, -0.25) is 33.6 Å². The summed E-state index contributed by atoms with van der Waals surface area (Å²) in [5, 5.41) is 58.5. The summed E-state index contributed by atoms with van der Waals surface area (Å²) in [6, 6.07) is 16.7. The van der Waals surface area contributed by atoms with Crippen LogP contribution in [0.2, 0.25) is 0 Å². The van der Waals surface area contributed by atoms with Gasteiger partial charge in [0.05, 0.1) is 30.9 Å². The van der Waals surface area contributed by atoms with Gasteiger partial charge in [0, 0.05) is 47.4 Å². The molecule has 5 rings (SSSR count). The molecule has 1 saturated heterocycles. The van der Waals surface area contributed by atoms with Crippen molar-refractivity contribution in [3.63, 3.8) is 0 Å². The second kappa shape index (κ2) is 28.8. The van der Waals surface area contributed by atoms with Crippen LogP contribution in [0.15, 0.2) is 84.9 Å². The lowest BCUT2D eigenvalue weighted by Gasteiger charge is -2.32. The Labute approximate surface area is 445 Å². The first-order valence-corrected chi connectivity index (χ1v) is 27.8. The Morgan fingerprint density at radius 1 is 0.773 bits per heavy atom. The number of ketones is 1. The third-order valence-electron chi connectivity index (χ3n) is 13.2. The maximum Gasteiger partial charge on any atom is 0.245 e. The largest absolute Gasteiger partial charge is 0.508 e. The van der Waals surface area contributed by atoms with Gasteiger partial charge in [-0.15, -0.1) is 0 Å². The topological polar surface area (TPSA) is 314 Å². The van der Waals surface area contributed by atoms with Gasteiger partial charge >= 0.3 is 0 Å². The summed E-state index contributed by atoms with van der Waals surface area (Å²) in [6.45, 7) is 8.02. The average Bonchev–Trinajstić information content (AvgIpc) is 3.78. The summed E-state index contributed by atoms with van der Waals surface area (Å²) >= 11 is 0. The number of aliphatic hydroxyl groups is 3. The molecule has 0 bridgehead atoms. The van der Waals surface area contributed by atoms with Gasteiger partial charge in [-0.2, -0.15) is 0 Å². The fraction of sp³-hybridized carbons (Fsp3) is 0.500. The van der Waals surface area contributed by atoms with Crippen LogP contribution in [0.5, 0.6) is 5.75 Å². The molecule has 21 heteroatoms. The third-order valence-corrected chi connectivity index (χ3v) is 15.6. The number of aromatic amines is 1. The lowest BCUT2D eigenvalue weighted by molar-refractivity contribution is -0.137. The first kappa shape index (κ1) is 59.9. The van der Waals surface area contributed by atoms with Gasteiger partial charge < -0.3 is 63.0 Å². The minimum atomic E-state index is -1.67. The molecule has 0 aliphatic carbocycles. The minimum Gasteiger partial charge on any atom is -0.508 e. The lowest BCUT2D eigenvalue weighted by Crippen LogP contribution is -2.62. The number of carbonyl (C=O) groups excluding carboxylic acids is 7. The van der Waals surface area contributed by atoms with Gasteiger partial charge in [-0.25, -0.2) is 0 Å². The Morgan fingerprint density at radius 2 is 1.43 bits per heavy atom. The molecule has 1 aliphatic rings. The number of phenols is 1. The fourth-order valence-electron chi connectivity index (χ4n) is 8.62. The standard InChI is InChI=1S/C54H74N8O11S2/c1-31(64)43(28-63)59-52(72)45-30-75-74-29-44(60-49(69)39(54(3,4)5)24-33-13-7-6-8-14-33)46(67)26-36(23-34-18-20-38(66)21-19-34)48(68)58-42(27-37-25-35-15-9-10-16-40(35)56-37)51(71)57-41(17-11-12-22-55)50(70)62-47(32(2)65)53(73)61-45/h6-10,13-16,18-21,25,31-32,36,39,41-45,47,56,63-66H,11-12,17,22-24,26-30,55H2,1-5H3,(H,57,71)(H,58,68)(H,59,72)(H,60,69)(H,61,73)(H,62,70)/t31-,32-,36-,39?,41+,42-,43-,44+,45+,47+/m1/s1. The maximum atomic E-state index is 14.9. The number of aromatic nitrogens is 1. The van der Waals surface area contributed by atoms with Crippen LogP contribution in [0.1, 0.15) is 77.1 Å². The Balaban J connectivity index is 1.60. The second-order valence-electron chi connectivity index (χ2n) is 20.3. The number of Topliss-reactive ketones (excluding diaryl/α,β-unsaturated/α-hetero) is 1. The highest BCUT2D eigenvalue weighted by molar-refractivity contribution is 8.76. The van der Waals surface area contributed by atoms with Crippen LogP contribution in [0.3, 0.4) is 0 Å². The molecule has 1 aliphatic heterocycles. The van der Waals surface area contributed by atoms with E-state index in [9.17, 15) is 54.0 Å². The van der Waals surface area contributed by atoms with Crippen LogP contribution in [0, 0.1) is 17.3 Å². The van der Waals surface area contributed by atoms with Crippen LogP contribution in [0.25, 0.3) is 10.9 Å². The SMILES string of the molecule is C[C@@H](O)[C@@H]1NC(=O)[C@H](CCCCN)NC(=O)[C@@H](Cc2cc3ccccc3[nH]2)NC(=O)[C@H](Cc2ccc(O)cc2)CC(=O)[C@@H](NC(=O)C(Cc2ccccc2)C(C)(C)C)CSSC[C@@H](C(=O)N[C@H](CO)[C@@H](C)O)NC1=O. The molecule has 1 fully saturated rings. The quantitative estimate of drug-likeness (QED) is 0.0534. The first-order chi connectivity index (χ1) is 35.7. The Morgan fingerprint density at radius 3 is 2.07 bits per heavy atom. The number of nitrogens with two attached hydrogens (primary N) is 1. The van der Waals surface area contributed by atoms with E-state index in [0.717, 1.165) is 38.1 Å². The van der Waals surface area contributed by atoms with E-state index in [0.29, 0.717) is 30.5 Å². The van der Waals surface area contributed by atoms with Crippen molar-refractivity contribution in [2.45, 2.75) is 128 Å². The summed E-state index contributed by atoms with van der Waals surface area (Å²) in [6.07, 6.45) is -2.08. The minimum absolute atomic E-state index is 0.0213. The van der Waals surface area contributed by atoms with Gasteiger partial charge in [0.2, 0.25) is 35.4 Å². The number of hydrogen-bond acceptors (Lipinski definition) is 14. The number of carbonyl (C=O) groups is 7. The number of aliphatic hydroxyl groups excluding tert-OH is 3. The first-order valence-electron chi connectivity index (χ1n) is 25.3. The molecule has 3 aromatic carbocycles. The van der Waals surface area contributed by atoms with Crippen LogP contribution >= 0.6 is 21.6 Å². The zero-order chi connectivity index (χ0) is 54.8. The van der Waals surface area contributed by atoms with E-state index in [-0.39, 0.29) is 43.1 Å². The molecular weight excluding hydrogens is 1000 g/mol. The Hall–Kier alpha value is -5.97. The van der Waals surface area contributed by atoms with Crippen LogP contribution in [-0.4, -0.2) is 140 Å². The van der Waals surface area contributed by atoms with E-state index in [1.54, 1.807) is 12.1 Å². The lowest BCUT2D eigenvalue weighted by atomic mass is 9.76. The predicted octanol–water partition coefficient (Wildman–Crippen LogP) is 2.33. The molecule has 2 heterocycles. The monoisotopic (exact) mass is 1070 g/mol. The summed E-state index contributed by atoms with van der Waals surface area (Å²) in [4.78, 5) is 105. The molecular formula is C54H74N8O11S2. The van der Waals surface area contributed by atoms with Crippen molar-refractivity contribution in [3.8, 4) is 5.75 Å². The van der Waals surface area contributed by atoms with Crippen molar-refractivity contribution in [3.05, 3.63) is 102 Å². The molecule has 19 nitrogen and oxygen atoms in total. The third kappa shape index (κ3) is 18.4. The highest BCUT2D eigenvalue weighted by Gasteiger charge is 2.38. The number of amides is 6. The molecule has 75 heavy (non-hydrogen) atoms. The average molecular weight is 1080 g/mol. The highest BCUT2D eigenvalue weighted by Crippen LogP contribution is 2.31. The molecule has 1 aromatic heterocycles. The zero-order valence-corrected chi connectivity index (χ0v) is 44.8. The number of phenolic OH excluding ortho intramolecular Hbond substituents is 1. The number of hydrogen-bond donors (Lipinski definition) is 12. The van der Waals surface area contributed by atoms with Crippen molar-refractivity contribution in [2.75, 3.05) is 24.7 Å². The Kier molecular flexibility index (Phi) is 23.0. The summed E-state index contributed by atoms with van der Waals surface area (Å²) in [7, 11) is 2.16. The van der Waals surface area contributed by atoms with Crippen molar-refractivity contribution in [1.29, 1.82) is 0 Å². The molecule has 0 saturated carbocycles. The van der Waals surface area contributed by atoms with Crippen molar-refractivity contribution in [2.24, 2.45) is 23.0 Å². The number of aromatic hydroxyl groups is 1. The van der Waals surface area contributed by atoms with E-state index in [1.807, 2.05) is 81.4 Å². The van der Waals surface area contributed by atoms with E-state index in [1.165, 1.54) is 26.0 Å². The molecule has 13 N–H and O–H groups in total. The normalized spacial score (nSPS) is 22.6. The number of H-pyrrole nitrogens is 1. The van der Waals surface area contributed by atoms with Crippen LogP contribution in [-0.2, 0) is 52.8 Å². The van der Waals surface area contributed by atoms with Gasteiger partial charge in [-0.1, -0.05) is 103 Å². The summed E-state index contributed by atoms with van der Waals surface area (Å²) in [5.74, 6) is -7.09. The summed E-state index contributed by atoms with van der Waals surface area (Å²) < 4.78 is 0. The molecule has 6 amide bonds. The van der Waals surface area contributed by atoms with Crippen LogP contribution in [0.4, 0.5) is 0 Å². The zero-order valence-electron chi connectivity index (χ0n) is 43.2. The van der Waals surface area contributed by atoms with Crippen molar-refractivity contribution < 1.29 is 54.0 Å². The van der Waals surface area contributed by atoms with Gasteiger partial charge in [0.1, 0.15) is 29.9 Å². The number of para-hydroxylation sites is 1. The van der Waals surface area contributed by atoms with Crippen molar-refractivity contribution >= 4 is 73.7 Å². The second-order valence-corrected chi connectivity index (χ2v) is 22.8. The smallest absolute Gasteiger partial charge is 0.245 e. The number of fused-ring (bicyclic) bond motifs is 1. The van der Waals surface area contributed by atoms with E-state index in [2.05, 4.69) is 36.9 Å². The Bertz CT molecular complexity index is 2510. The molecule has 1 unspecified atom stereocenters. The highest BCUT2D eigenvalue weighted by atomic mass is 33.1. The van der Waals surface area contributed by atoms with E-state index in [4.69, 9.17) is 5.73 Å². The van der Waals surface area contributed by atoms with Crippen molar-refractivity contribution in [1.82, 2.24) is 36.9 Å². The molecule has 0 spiro atoms. The van der Waals surface area contributed by atoms with E-state index < -0.39 is 120 Å². The number of nitrogens with one attached hydrogen (secondary N) is 7. The summed E-state index contributed by atoms with van der Waals surface area (Å²) in [5.41, 5.74) is 8.04. The maximum absolute atomic E-state index is 14.9. The number of unbranched alkanes of at least 4 members (excludes halogenated alkanes) is 1. The predicted molar refractivity (Wildman–Crippen MR) is 290 cm³/mol. The number of benzene rings is 3. The fourth-order valence-corrected chi connectivity index (χ4v) is 11.0. The molecule has 10 atom stereocenters. The van der Waals surface area contributed by atoms with Gasteiger partial charge in [0.25, 0.3) is 0 Å². The van der Waals surface area contributed by atoms with Gasteiger partial charge in [0.15, 0.2) is 5.78 Å².